The summed E-state index contributed by atoms with van der Waals surface area (Å²) in [6.07, 6.45) is 1.62. The summed E-state index contributed by atoms with van der Waals surface area (Å²) in [7, 11) is 0. The first kappa shape index (κ1) is 10.1. The van der Waals surface area contributed by atoms with Crippen molar-refractivity contribution in [3.63, 3.8) is 0 Å². The lowest BCUT2D eigenvalue weighted by Gasteiger charge is -2.07. The average Bonchev–Trinajstić information content (AvgIpc) is 2.86. The van der Waals surface area contributed by atoms with Crippen molar-refractivity contribution in [1.29, 1.82) is 0 Å². The van der Waals surface area contributed by atoms with Crippen LogP contribution in [0.5, 0.6) is 0 Å². The van der Waals surface area contributed by atoms with Crippen molar-refractivity contribution >= 4 is 11.3 Å². The number of rotatable bonds is 1. The van der Waals surface area contributed by atoms with Crippen molar-refractivity contribution in [2.45, 2.75) is 25.9 Å². The van der Waals surface area contributed by atoms with Gasteiger partial charge in [-0.1, -0.05) is 18.2 Å². The molecule has 0 spiro atoms. The number of hydrogen-bond donors (Lipinski definition) is 1. The minimum absolute atomic E-state index is 0.254. The van der Waals surface area contributed by atoms with Gasteiger partial charge in [0.05, 0.1) is 6.10 Å². The normalized spacial score (nSPS) is 18.8. The zero-order chi connectivity index (χ0) is 11.1. The predicted octanol–water partition coefficient (Wildman–Crippen LogP) is 3.70. The van der Waals surface area contributed by atoms with Gasteiger partial charge < -0.3 is 5.11 Å². The zero-order valence-electron chi connectivity index (χ0n) is 9.23. The van der Waals surface area contributed by atoms with Gasteiger partial charge >= 0.3 is 0 Å². The summed E-state index contributed by atoms with van der Waals surface area (Å²) in [6, 6.07) is 10.6. The van der Waals surface area contributed by atoms with Crippen LogP contribution < -0.4 is 0 Å². The fourth-order valence-corrected chi connectivity index (χ4v) is 3.36. The van der Waals surface area contributed by atoms with Gasteiger partial charge in [0.1, 0.15) is 0 Å². The lowest BCUT2D eigenvalue weighted by Crippen LogP contribution is -1.90. The number of thiophene rings is 1. The van der Waals surface area contributed by atoms with Gasteiger partial charge in [-0.05, 0) is 48.6 Å². The first-order chi connectivity index (χ1) is 7.75. The number of aryl methyl sites for hydroxylation is 1. The highest BCUT2D eigenvalue weighted by atomic mass is 32.1. The molecule has 0 saturated carbocycles. The molecular formula is C14H14OS. The van der Waals surface area contributed by atoms with E-state index < -0.39 is 0 Å². The highest BCUT2D eigenvalue weighted by Gasteiger charge is 2.23. The molecule has 1 unspecified atom stereocenters. The average molecular weight is 230 g/mol. The summed E-state index contributed by atoms with van der Waals surface area (Å²) in [5.74, 6) is 0. The Hall–Kier alpha value is -1.12. The number of hydrogen-bond acceptors (Lipinski definition) is 2. The lowest BCUT2D eigenvalue weighted by atomic mass is 10.0. The van der Waals surface area contributed by atoms with Crippen LogP contribution in [0.3, 0.4) is 0 Å². The molecule has 82 valence electrons. The molecule has 0 saturated heterocycles. The minimum atomic E-state index is -0.254. The molecule has 1 heterocycles. The molecule has 1 aromatic carbocycles. The van der Waals surface area contributed by atoms with Gasteiger partial charge in [0, 0.05) is 9.75 Å². The Bertz CT molecular complexity index is 527. The van der Waals surface area contributed by atoms with Crippen molar-refractivity contribution in [2.24, 2.45) is 0 Å². The summed E-state index contributed by atoms with van der Waals surface area (Å²) >= 11 is 1.83. The Morgan fingerprint density at radius 2 is 2.12 bits per heavy atom. The molecule has 0 aliphatic heterocycles. The maximum Gasteiger partial charge on any atom is 0.0796 e. The maximum atomic E-state index is 9.86. The molecule has 2 aromatic rings. The second kappa shape index (κ2) is 3.72. The van der Waals surface area contributed by atoms with Crippen LogP contribution in [0.25, 0.3) is 10.4 Å². The van der Waals surface area contributed by atoms with Gasteiger partial charge in [-0.2, -0.15) is 0 Å². The molecule has 0 amide bonds. The number of benzene rings is 1. The van der Waals surface area contributed by atoms with Crippen LogP contribution in [0.4, 0.5) is 0 Å². The molecule has 0 fully saturated rings. The molecular weight excluding hydrogens is 216 g/mol. The molecule has 1 aliphatic carbocycles. The maximum absolute atomic E-state index is 9.86. The van der Waals surface area contributed by atoms with Crippen molar-refractivity contribution < 1.29 is 5.11 Å². The largest absolute Gasteiger partial charge is 0.388 e. The third-order valence-corrected chi connectivity index (χ3v) is 4.28. The van der Waals surface area contributed by atoms with E-state index >= 15 is 0 Å². The third kappa shape index (κ3) is 1.49. The Balaban J connectivity index is 2.16. The quantitative estimate of drug-likeness (QED) is 0.792. The molecule has 2 heteroatoms. The van der Waals surface area contributed by atoms with Crippen molar-refractivity contribution in [2.75, 3.05) is 0 Å². The van der Waals surface area contributed by atoms with Gasteiger partial charge in [-0.25, -0.2) is 0 Å². The highest BCUT2D eigenvalue weighted by Crippen LogP contribution is 2.39. The van der Waals surface area contributed by atoms with Crippen LogP contribution in [0.15, 0.2) is 30.3 Å². The lowest BCUT2D eigenvalue weighted by molar-refractivity contribution is 0.180. The van der Waals surface area contributed by atoms with Gasteiger partial charge in [0.2, 0.25) is 0 Å². The van der Waals surface area contributed by atoms with Crippen molar-refractivity contribution in [3.8, 4) is 10.4 Å². The SMILES string of the molecule is Cc1ccc(-c2cccc3c2CCC3O)s1. The number of aliphatic hydroxyl groups is 1. The summed E-state index contributed by atoms with van der Waals surface area (Å²) in [5, 5.41) is 9.86. The van der Waals surface area contributed by atoms with Crippen LogP contribution in [0, 0.1) is 6.92 Å². The van der Waals surface area contributed by atoms with Gasteiger partial charge in [-0.3, -0.25) is 0 Å². The van der Waals surface area contributed by atoms with Gasteiger partial charge in [-0.15, -0.1) is 11.3 Å². The summed E-state index contributed by atoms with van der Waals surface area (Å²) in [6.45, 7) is 2.13. The van der Waals surface area contributed by atoms with E-state index in [1.165, 1.54) is 20.9 Å². The Morgan fingerprint density at radius 1 is 1.25 bits per heavy atom. The highest BCUT2D eigenvalue weighted by molar-refractivity contribution is 7.15. The van der Waals surface area contributed by atoms with E-state index in [4.69, 9.17) is 0 Å². The van der Waals surface area contributed by atoms with E-state index in [2.05, 4.69) is 37.3 Å². The minimum Gasteiger partial charge on any atom is -0.388 e. The van der Waals surface area contributed by atoms with Gasteiger partial charge in [0.25, 0.3) is 0 Å². The predicted molar refractivity (Wildman–Crippen MR) is 67.8 cm³/mol. The topological polar surface area (TPSA) is 20.2 Å². The zero-order valence-corrected chi connectivity index (χ0v) is 10.1. The van der Waals surface area contributed by atoms with Crippen molar-refractivity contribution in [1.82, 2.24) is 0 Å². The fraction of sp³-hybridized carbons (Fsp3) is 0.286. The first-order valence-corrected chi connectivity index (χ1v) is 6.44. The summed E-state index contributed by atoms with van der Waals surface area (Å²) in [4.78, 5) is 2.66. The van der Waals surface area contributed by atoms with Crippen molar-refractivity contribution in [3.05, 3.63) is 46.3 Å². The van der Waals surface area contributed by atoms with Crippen LogP contribution in [-0.2, 0) is 6.42 Å². The molecule has 1 N–H and O–H groups in total. The van der Waals surface area contributed by atoms with Crippen LogP contribution in [0.2, 0.25) is 0 Å². The van der Waals surface area contributed by atoms with E-state index in [-0.39, 0.29) is 6.10 Å². The first-order valence-electron chi connectivity index (χ1n) is 5.62. The van der Waals surface area contributed by atoms with E-state index in [0.29, 0.717) is 0 Å². The Labute approximate surface area is 99.4 Å². The second-order valence-electron chi connectivity index (χ2n) is 4.34. The fourth-order valence-electron chi connectivity index (χ4n) is 2.44. The molecule has 16 heavy (non-hydrogen) atoms. The van der Waals surface area contributed by atoms with Crippen LogP contribution >= 0.6 is 11.3 Å². The second-order valence-corrected chi connectivity index (χ2v) is 5.63. The van der Waals surface area contributed by atoms with Crippen LogP contribution in [-0.4, -0.2) is 5.11 Å². The molecule has 1 aromatic heterocycles. The summed E-state index contributed by atoms with van der Waals surface area (Å²) < 4.78 is 0. The van der Waals surface area contributed by atoms with E-state index in [1.807, 2.05) is 11.3 Å². The van der Waals surface area contributed by atoms with E-state index in [1.54, 1.807) is 0 Å². The number of aliphatic hydroxyl groups excluding tert-OH is 1. The third-order valence-electron chi connectivity index (χ3n) is 3.24. The smallest absolute Gasteiger partial charge is 0.0796 e. The molecule has 0 radical (unpaired) electrons. The summed E-state index contributed by atoms with van der Waals surface area (Å²) in [5.41, 5.74) is 3.78. The standard InChI is InChI=1S/C14H14OS/c1-9-5-8-14(16-9)12-4-2-3-11-10(12)6-7-13(11)15/h2-5,8,13,15H,6-7H2,1H3. The van der Waals surface area contributed by atoms with E-state index in [9.17, 15) is 5.11 Å². The van der Waals surface area contributed by atoms with Gasteiger partial charge in [0.15, 0.2) is 0 Å². The molecule has 1 atom stereocenters. The van der Waals surface area contributed by atoms with E-state index in [0.717, 1.165) is 18.4 Å². The Morgan fingerprint density at radius 3 is 2.88 bits per heavy atom. The molecule has 0 bridgehead atoms. The Kier molecular flexibility index (Phi) is 2.34. The molecule has 1 nitrogen and oxygen atoms in total. The molecule has 1 aliphatic rings. The number of fused-ring (bicyclic) bond motifs is 1. The monoisotopic (exact) mass is 230 g/mol. The molecule has 3 rings (SSSR count). The van der Waals surface area contributed by atoms with Crippen LogP contribution in [0.1, 0.15) is 28.5 Å².